The molecular weight excluding hydrogens is 210 g/mol. The fourth-order valence-corrected chi connectivity index (χ4v) is 1.28. The van der Waals surface area contributed by atoms with Gasteiger partial charge in [-0.15, -0.1) is 0 Å². The van der Waals surface area contributed by atoms with Gasteiger partial charge >= 0.3 is 5.97 Å². The highest BCUT2D eigenvalue weighted by atomic mass is 16.4. The molecule has 0 aliphatic rings. The predicted octanol–water partition coefficient (Wildman–Crippen LogP) is 0.939. The van der Waals surface area contributed by atoms with Crippen LogP contribution in [-0.2, 0) is 4.79 Å². The number of rotatable bonds is 4. The first kappa shape index (κ1) is 12.0. The molecule has 1 amide bonds. The van der Waals surface area contributed by atoms with Crippen LogP contribution in [0.1, 0.15) is 17.3 Å². The van der Waals surface area contributed by atoms with Gasteiger partial charge in [0.25, 0.3) is 5.91 Å². The molecule has 0 fully saturated rings. The summed E-state index contributed by atoms with van der Waals surface area (Å²) in [5, 5.41) is 17.7. The Morgan fingerprint density at radius 1 is 1.25 bits per heavy atom. The first-order valence-corrected chi connectivity index (χ1v) is 4.84. The molecule has 1 rings (SSSR count). The summed E-state index contributed by atoms with van der Waals surface area (Å²) in [6.07, 6.45) is 0. The van der Waals surface area contributed by atoms with E-state index < -0.39 is 5.97 Å². The molecule has 0 saturated heterocycles. The summed E-state index contributed by atoms with van der Waals surface area (Å²) in [7, 11) is 0. The minimum absolute atomic E-state index is 0.0674. The fraction of sp³-hybridized carbons (Fsp3) is 0.273. The lowest BCUT2D eigenvalue weighted by Gasteiger charge is -2.18. The average molecular weight is 223 g/mol. The van der Waals surface area contributed by atoms with Crippen molar-refractivity contribution in [3.05, 3.63) is 29.8 Å². The number of aliphatic carboxylic acids is 1. The van der Waals surface area contributed by atoms with E-state index in [1.807, 2.05) is 0 Å². The van der Waals surface area contributed by atoms with Gasteiger partial charge in [0.1, 0.15) is 12.3 Å². The number of nitrogens with zero attached hydrogens (tertiary/aromatic N) is 1. The third-order valence-electron chi connectivity index (χ3n) is 2.11. The van der Waals surface area contributed by atoms with Crippen molar-refractivity contribution in [2.75, 3.05) is 13.1 Å². The quantitative estimate of drug-likeness (QED) is 0.796. The van der Waals surface area contributed by atoms with E-state index in [0.29, 0.717) is 12.1 Å². The predicted molar refractivity (Wildman–Crippen MR) is 57.3 cm³/mol. The topological polar surface area (TPSA) is 77.8 Å². The number of carbonyl (C=O) groups excluding carboxylic acids is 1. The molecule has 86 valence electrons. The van der Waals surface area contributed by atoms with Gasteiger partial charge in [-0.2, -0.15) is 0 Å². The number of hydrogen-bond acceptors (Lipinski definition) is 3. The van der Waals surface area contributed by atoms with Crippen LogP contribution < -0.4 is 0 Å². The number of hydrogen-bond donors (Lipinski definition) is 2. The fourth-order valence-electron chi connectivity index (χ4n) is 1.28. The largest absolute Gasteiger partial charge is 0.508 e. The van der Waals surface area contributed by atoms with Gasteiger partial charge in [0.05, 0.1) is 0 Å². The van der Waals surface area contributed by atoms with Gasteiger partial charge in [-0.25, -0.2) is 0 Å². The highest BCUT2D eigenvalue weighted by Gasteiger charge is 2.16. The summed E-state index contributed by atoms with van der Waals surface area (Å²) < 4.78 is 0. The Labute approximate surface area is 92.9 Å². The normalized spacial score (nSPS) is 9.81. The molecule has 16 heavy (non-hydrogen) atoms. The zero-order valence-electron chi connectivity index (χ0n) is 8.88. The first-order valence-electron chi connectivity index (χ1n) is 4.84. The minimum atomic E-state index is -1.05. The monoisotopic (exact) mass is 223 g/mol. The molecule has 1 aromatic rings. The molecule has 0 aliphatic heterocycles. The molecule has 0 radical (unpaired) electrons. The second-order valence-electron chi connectivity index (χ2n) is 3.26. The van der Waals surface area contributed by atoms with Crippen molar-refractivity contribution < 1.29 is 19.8 Å². The van der Waals surface area contributed by atoms with Gasteiger partial charge < -0.3 is 15.1 Å². The summed E-state index contributed by atoms with van der Waals surface area (Å²) >= 11 is 0. The Hall–Kier alpha value is -2.04. The molecule has 0 saturated carbocycles. The van der Waals surface area contributed by atoms with Gasteiger partial charge in [0, 0.05) is 12.1 Å². The number of aromatic hydroxyl groups is 1. The molecule has 1 aromatic carbocycles. The molecule has 0 spiro atoms. The average Bonchev–Trinajstić information content (AvgIpc) is 2.25. The van der Waals surface area contributed by atoms with Crippen LogP contribution in [0.2, 0.25) is 0 Å². The van der Waals surface area contributed by atoms with Crippen LogP contribution in [0.25, 0.3) is 0 Å². The maximum Gasteiger partial charge on any atom is 0.323 e. The first-order chi connectivity index (χ1) is 7.54. The van der Waals surface area contributed by atoms with Gasteiger partial charge in [-0.05, 0) is 31.2 Å². The lowest BCUT2D eigenvalue weighted by atomic mass is 10.2. The molecule has 5 nitrogen and oxygen atoms in total. The number of carbonyl (C=O) groups is 2. The molecule has 0 aromatic heterocycles. The summed E-state index contributed by atoms with van der Waals surface area (Å²) in [6.45, 7) is 1.71. The Morgan fingerprint density at radius 2 is 1.81 bits per heavy atom. The third-order valence-corrected chi connectivity index (χ3v) is 2.11. The van der Waals surface area contributed by atoms with Crippen LogP contribution in [0.15, 0.2) is 24.3 Å². The lowest BCUT2D eigenvalue weighted by molar-refractivity contribution is -0.137. The second-order valence-corrected chi connectivity index (χ2v) is 3.26. The molecule has 0 bridgehead atoms. The highest BCUT2D eigenvalue weighted by Crippen LogP contribution is 2.11. The van der Waals surface area contributed by atoms with E-state index in [0.717, 1.165) is 0 Å². The van der Waals surface area contributed by atoms with E-state index in [1.165, 1.54) is 29.2 Å². The maximum absolute atomic E-state index is 11.8. The van der Waals surface area contributed by atoms with E-state index in [9.17, 15) is 9.59 Å². The van der Waals surface area contributed by atoms with Crippen molar-refractivity contribution >= 4 is 11.9 Å². The van der Waals surface area contributed by atoms with Crippen LogP contribution >= 0.6 is 0 Å². The van der Waals surface area contributed by atoms with Crippen molar-refractivity contribution in [3.63, 3.8) is 0 Å². The number of amides is 1. The zero-order chi connectivity index (χ0) is 12.1. The van der Waals surface area contributed by atoms with Crippen molar-refractivity contribution in [2.24, 2.45) is 0 Å². The van der Waals surface area contributed by atoms with Crippen LogP contribution in [0.3, 0.4) is 0 Å². The smallest absolute Gasteiger partial charge is 0.323 e. The molecule has 5 heteroatoms. The van der Waals surface area contributed by atoms with Gasteiger partial charge in [0.15, 0.2) is 0 Å². The third kappa shape index (κ3) is 2.98. The van der Waals surface area contributed by atoms with E-state index in [1.54, 1.807) is 6.92 Å². The van der Waals surface area contributed by atoms with Crippen LogP contribution in [0.4, 0.5) is 0 Å². The number of phenolic OH excluding ortho intramolecular Hbond substituents is 1. The Balaban J connectivity index is 2.82. The Bertz CT molecular complexity index is 385. The Morgan fingerprint density at radius 3 is 2.25 bits per heavy atom. The van der Waals surface area contributed by atoms with E-state index in [2.05, 4.69) is 0 Å². The van der Waals surface area contributed by atoms with E-state index in [4.69, 9.17) is 10.2 Å². The molecule has 0 atom stereocenters. The molecule has 0 aliphatic carbocycles. The second kappa shape index (κ2) is 5.16. The van der Waals surface area contributed by atoms with Crippen LogP contribution in [0.5, 0.6) is 5.75 Å². The number of phenols is 1. The zero-order valence-corrected chi connectivity index (χ0v) is 8.88. The molecule has 0 unspecified atom stereocenters. The number of carboxylic acids is 1. The summed E-state index contributed by atoms with van der Waals surface area (Å²) in [5.41, 5.74) is 0.362. The van der Waals surface area contributed by atoms with Gasteiger partial charge in [0.2, 0.25) is 0 Å². The number of benzene rings is 1. The number of carboxylic acid groups (broad SMARTS) is 1. The summed E-state index contributed by atoms with van der Waals surface area (Å²) in [6, 6.07) is 5.70. The van der Waals surface area contributed by atoms with Crippen molar-refractivity contribution in [1.82, 2.24) is 4.90 Å². The van der Waals surface area contributed by atoms with Crippen molar-refractivity contribution in [2.45, 2.75) is 6.92 Å². The van der Waals surface area contributed by atoms with Gasteiger partial charge in [-0.3, -0.25) is 9.59 Å². The van der Waals surface area contributed by atoms with Crippen LogP contribution in [-0.4, -0.2) is 40.1 Å². The van der Waals surface area contributed by atoms with Crippen LogP contribution in [0, 0.1) is 0 Å². The maximum atomic E-state index is 11.8. The minimum Gasteiger partial charge on any atom is -0.508 e. The summed E-state index contributed by atoms with van der Waals surface area (Å²) in [4.78, 5) is 23.5. The number of likely N-dealkylation sites (N-methyl/N-ethyl adjacent to an activating group) is 1. The molecule has 2 N–H and O–H groups in total. The van der Waals surface area contributed by atoms with E-state index >= 15 is 0 Å². The van der Waals surface area contributed by atoms with Crippen molar-refractivity contribution in [1.29, 1.82) is 0 Å². The van der Waals surface area contributed by atoms with Crippen molar-refractivity contribution in [3.8, 4) is 5.75 Å². The summed E-state index contributed by atoms with van der Waals surface area (Å²) in [5.74, 6) is -1.34. The standard InChI is InChI=1S/C11H13NO4/c1-2-12(7-10(14)15)11(16)8-3-5-9(13)6-4-8/h3-6,13H,2,7H2,1H3,(H,14,15). The molecular formula is C11H13NO4. The molecule has 0 heterocycles. The lowest BCUT2D eigenvalue weighted by Crippen LogP contribution is -2.35. The highest BCUT2D eigenvalue weighted by molar-refractivity contribution is 5.95. The van der Waals surface area contributed by atoms with Gasteiger partial charge in [-0.1, -0.05) is 0 Å². The SMILES string of the molecule is CCN(CC(=O)O)C(=O)c1ccc(O)cc1. The van der Waals surface area contributed by atoms with E-state index in [-0.39, 0.29) is 18.2 Å². The Kier molecular flexibility index (Phi) is 3.88.